The summed E-state index contributed by atoms with van der Waals surface area (Å²) in [5.74, 6) is 0. The summed E-state index contributed by atoms with van der Waals surface area (Å²) in [4.78, 5) is 14.8. The van der Waals surface area contributed by atoms with Crippen molar-refractivity contribution < 1.29 is 0 Å². The van der Waals surface area contributed by atoms with E-state index in [0.717, 1.165) is 5.65 Å². The summed E-state index contributed by atoms with van der Waals surface area (Å²) >= 11 is 0. The Morgan fingerprint density at radius 2 is 2.17 bits per heavy atom. The Morgan fingerprint density at radius 1 is 1.42 bits per heavy atom. The van der Waals surface area contributed by atoms with Gasteiger partial charge in [0.15, 0.2) is 0 Å². The number of hydrogen-bond acceptors (Lipinski definition) is 3. The van der Waals surface area contributed by atoms with Crippen molar-refractivity contribution in [3.05, 3.63) is 22.9 Å². The lowest BCUT2D eigenvalue weighted by Crippen LogP contribution is -2.10. The summed E-state index contributed by atoms with van der Waals surface area (Å²) in [5.41, 5.74) is 0.561. The van der Waals surface area contributed by atoms with Gasteiger partial charge >= 0.3 is 0 Å². The zero-order chi connectivity index (χ0) is 8.72. The van der Waals surface area contributed by atoms with Crippen LogP contribution in [0.15, 0.2) is 17.3 Å². The molecule has 2 rings (SSSR count). The highest BCUT2D eigenvalue weighted by molar-refractivity contribution is 5.73. The number of aromatic nitrogens is 4. The van der Waals surface area contributed by atoms with Crippen molar-refractivity contribution >= 4 is 11.0 Å². The molecule has 0 fully saturated rings. The van der Waals surface area contributed by atoms with E-state index in [2.05, 4.69) is 10.1 Å². The van der Waals surface area contributed by atoms with Crippen LogP contribution >= 0.6 is 0 Å². The van der Waals surface area contributed by atoms with Crippen LogP contribution < -0.4 is 5.56 Å². The molecule has 0 bridgehead atoms. The Hall–Kier alpha value is -1.65. The van der Waals surface area contributed by atoms with E-state index in [-0.39, 0.29) is 5.56 Å². The van der Waals surface area contributed by atoms with Gasteiger partial charge in [0.2, 0.25) is 0 Å². The van der Waals surface area contributed by atoms with Crippen LogP contribution in [-0.4, -0.2) is 19.3 Å². The number of rotatable bonds is 0. The molecule has 0 aliphatic rings. The molecule has 0 atom stereocenters. The molecule has 2 heterocycles. The van der Waals surface area contributed by atoms with Crippen LogP contribution in [-0.2, 0) is 14.1 Å². The molecule has 0 aromatic carbocycles. The van der Waals surface area contributed by atoms with Crippen LogP contribution in [0, 0.1) is 0 Å². The average molecular weight is 164 g/mol. The standard InChI is InChI=1S/C7H8N4O/c1-10-4-8-6(12)5-3-9-11(2)7(5)10/h3-4H,1-2H3. The van der Waals surface area contributed by atoms with Gasteiger partial charge in [0, 0.05) is 14.1 Å². The van der Waals surface area contributed by atoms with Gasteiger partial charge in [-0.3, -0.25) is 9.48 Å². The third kappa shape index (κ3) is 0.761. The van der Waals surface area contributed by atoms with Gasteiger partial charge in [-0.25, -0.2) is 0 Å². The monoisotopic (exact) mass is 164 g/mol. The molecule has 0 aliphatic carbocycles. The highest BCUT2D eigenvalue weighted by Gasteiger charge is 2.04. The number of aryl methyl sites for hydroxylation is 2. The van der Waals surface area contributed by atoms with Crippen molar-refractivity contribution in [2.24, 2.45) is 14.1 Å². The molecule has 0 aliphatic heterocycles. The first-order chi connectivity index (χ1) is 5.70. The molecule has 0 saturated heterocycles. The normalized spacial score (nSPS) is 10.8. The molecule has 0 amide bonds. The fraction of sp³-hybridized carbons (Fsp3) is 0.286. The van der Waals surface area contributed by atoms with Crippen molar-refractivity contribution in [3.8, 4) is 0 Å². The summed E-state index contributed by atoms with van der Waals surface area (Å²) in [6.45, 7) is 0. The number of nitrogens with zero attached hydrogens (tertiary/aromatic N) is 4. The van der Waals surface area contributed by atoms with E-state index in [1.54, 1.807) is 16.3 Å². The summed E-state index contributed by atoms with van der Waals surface area (Å²) in [5, 5.41) is 4.53. The highest BCUT2D eigenvalue weighted by atomic mass is 16.1. The van der Waals surface area contributed by atoms with E-state index in [1.807, 2.05) is 7.05 Å². The SMILES string of the molecule is Cn1cnc(=O)c2cnn(C)c21. The molecule has 0 saturated carbocycles. The third-order valence-corrected chi connectivity index (χ3v) is 1.82. The molecule has 0 N–H and O–H groups in total. The van der Waals surface area contributed by atoms with Crippen LogP contribution in [0.1, 0.15) is 0 Å². The maximum absolute atomic E-state index is 11.2. The summed E-state index contributed by atoms with van der Waals surface area (Å²) in [6.07, 6.45) is 3.02. The lowest BCUT2D eigenvalue weighted by Gasteiger charge is -1.99. The number of hydrogen-bond donors (Lipinski definition) is 0. The predicted molar refractivity (Wildman–Crippen MR) is 43.8 cm³/mol. The fourth-order valence-electron chi connectivity index (χ4n) is 1.26. The van der Waals surface area contributed by atoms with E-state index in [1.165, 1.54) is 12.5 Å². The zero-order valence-electron chi connectivity index (χ0n) is 6.85. The molecular formula is C7H8N4O. The van der Waals surface area contributed by atoms with Gasteiger partial charge in [-0.1, -0.05) is 0 Å². The topological polar surface area (TPSA) is 52.7 Å². The molecule has 0 spiro atoms. The van der Waals surface area contributed by atoms with Crippen LogP contribution in [0.25, 0.3) is 11.0 Å². The van der Waals surface area contributed by atoms with Gasteiger partial charge in [-0.05, 0) is 0 Å². The smallest absolute Gasteiger partial charge is 0.283 e. The van der Waals surface area contributed by atoms with Crippen molar-refractivity contribution in [2.45, 2.75) is 0 Å². The second-order valence-electron chi connectivity index (χ2n) is 2.67. The Bertz CT molecular complexity index is 482. The summed E-state index contributed by atoms with van der Waals surface area (Å²) in [7, 11) is 3.62. The molecule has 12 heavy (non-hydrogen) atoms. The summed E-state index contributed by atoms with van der Waals surface area (Å²) in [6, 6.07) is 0. The summed E-state index contributed by atoms with van der Waals surface area (Å²) < 4.78 is 3.42. The Labute approximate surface area is 68.3 Å². The predicted octanol–water partition coefficient (Wildman–Crippen LogP) is -0.333. The third-order valence-electron chi connectivity index (χ3n) is 1.82. The largest absolute Gasteiger partial charge is 0.320 e. The molecular weight excluding hydrogens is 156 g/mol. The van der Waals surface area contributed by atoms with Crippen LogP contribution in [0.3, 0.4) is 0 Å². The van der Waals surface area contributed by atoms with Crippen LogP contribution in [0.2, 0.25) is 0 Å². The molecule has 2 aromatic rings. The minimum atomic E-state index is -0.226. The van der Waals surface area contributed by atoms with Crippen molar-refractivity contribution in [2.75, 3.05) is 0 Å². The first kappa shape index (κ1) is 7.02. The molecule has 62 valence electrons. The van der Waals surface area contributed by atoms with Crippen LogP contribution in [0.4, 0.5) is 0 Å². The van der Waals surface area contributed by atoms with Gasteiger partial charge in [-0.2, -0.15) is 10.1 Å². The highest BCUT2D eigenvalue weighted by Crippen LogP contribution is 2.03. The van der Waals surface area contributed by atoms with Gasteiger partial charge in [-0.15, -0.1) is 0 Å². The van der Waals surface area contributed by atoms with Crippen molar-refractivity contribution in [1.29, 1.82) is 0 Å². The lowest BCUT2D eigenvalue weighted by molar-refractivity contribution is 0.749. The molecule has 5 nitrogen and oxygen atoms in total. The van der Waals surface area contributed by atoms with Gasteiger partial charge in [0.1, 0.15) is 17.4 Å². The lowest BCUT2D eigenvalue weighted by atomic mass is 10.4. The average Bonchev–Trinajstić information content (AvgIpc) is 2.42. The van der Waals surface area contributed by atoms with E-state index in [0.29, 0.717) is 5.39 Å². The van der Waals surface area contributed by atoms with E-state index < -0.39 is 0 Å². The van der Waals surface area contributed by atoms with E-state index >= 15 is 0 Å². The molecule has 0 radical (unpaired) electrons. The van der Waals surface area contributed by atoms with Gasteiger partial charge in [0.05, 0.1) is 6.20 Å². The van der Waals surface area contributed by atoms with E-state index in [4.69, 9.17) is 0 Å². The maximum atomic E-state index is 11.2. The van der Waals surface area contributed by atoms with Crippen LogP contribution in [0.5, 0.6) is 0 Å². The maximum Gasteiger partial charge on any atom is 0.283 e. The minimum Gasteiger partial charge on any atom is -0.320 e. The first-order valence-corrected chi connectivity index (χ1v) is 3.53. The zero-order valence-corrected chi connectivity index (χ0v) is 6.85. The van der Waals surface area contributed by atoms with Gasteiger partial charge in [0.25, 0.3) is 5.56 Å². The van der Waals surface area contributed by atoms with Crippen molar-refractivity contribution in [1.82, 2.24) is 19.3 Å². The van der Waals surface area contributed by atoms with Gasteiger partial charge < -0.3 is 4.57 Å². The van der Waals surface area contributed by atoms with E-state index in [9.17, 15) is 4.79 Å². The Kier molecular flexibility index (Phi) is 1.27. The van der Waals surface area contributed by atoms with Crippen molar-refractivity contribution in [3.63, 3.8) is 0 Å². The molecule has 5 heteroatoms. The Balaban J connectivity index is 3.09. The molecule has 0 unspecified atom stereocenters. The minimum absolute atomic E-state index is 0.226. The quantitative estimate of drug-likeness (QED) is 0.535. The number of fused-ring (bicyclic) bond motifs is 1. The second kappa shape index (κ2) is 2.17. The molecule has 2 aromatic heterocycles. The second-order valence-corrected chi connectivity index (χ2v) is 2.67. The fourth-order valence-corrected chi connectivity index (χ4v) is 1.26. The first-order valence-electron chi connectivity index (χ1n) is 3.53. The Morgan fingerprint density at radius 3 is 2.83 bits per heavy atom.